The Morgan fingerprint density at radius 3 is 2.47 bits per heavy atom. The molecule has 0 heterocycles. The average Bonchev–Trinajstić information content (AvgIpc) is 2.78. The molecule has 0 saturated heterocycles. The van der Waals surface area contributed by atoms with Crippen molar-refractivity contribution in [3.63, 3.8) is 0 Å². The van der Waals surface area contributed by atoms with Crippen LogP contribution in [0.2, 0.25) is 5.02 Å². The molecule has 3 rings (SSSR count). The van der Waals surface area contributed by atoms with E-state index in [1.165, 1.54) is 29.2 Å². The summed E-state index contributed by atoms with van der Waals surface area (Å²) in [6.45, 7) is 4.45. The number of rotatable bonds is 7. The van der Waals surface area contributed by atoms with E-state index in [1.54, 1.807) is 18.2 Å². The number of hydrogen-bond donors (Lipinski definition) is 1. The van der Waals surface area contributed by atoms with Gasteiger partial charge in [0.25, 0.3) is 0 Å². The summed E-state index contributed by atoms with van der Waals surface area (Å²) in [5.41, 5.74) is 1.22. The highest BCUT2D eigenvalue weighted by Gasteiger charge is 2.35. The van der Waals surface area contributed by atoms with Crippen LogP contribution in [0.25, 0.3) is 0 Å². The molecular weight excluding hydrogens is 450 g/mol. The van der Waals surface area contributed by atoms with E-state index in [4.69, 9.17) is 23.2 Å². The van der Waals surface area contributed by atoms with Crippen LogP contribution in [0.4, 0.5) is 4.39 Å². The second-order valence-corrected chi connectivity index (χ2v) is 9.26. The van der Waals surface area contributed by atoms with E-state index in [2.05, 4.69) is 19.2 Å². The number of hydrogen-bond acceptors (Lipinski definition) is 2. The summed E-state index contributed by atoms with van der Waals surface area (Å²) in [7, 11) is 0. The van der Waals surface area contributed by atoms with Crippen molar-refractivity contribution in [1.82, 2.24) is 10.2 Å². The molecule has 2 amide bonds. The van der Waals surface area contributed by atoms with E-state index in [9.17, 15) is 14.0 Å². The molecule has 1 aliphatic carbocycles. The molecule has 0 radical (unpaired) electrons. The lowest BCUT2D eigenvalue weighted by Gasteiger charge is -2.37. The molecule has 1 fully saturated rings. The maximum absolute atomic E-state index is 13.6. The molecule has 1 aliphatic rings. The Labute approximate surface area is 199 Å². The number of nitrogens with zero attached hydrogens (tertiary/aromatic N) is 1. The lowest BCUT2D eigenvalue weighted by atomic mass is 9.78. The molecule has 1 N–H and O–H groups in total. The van der Waals surface area contributed by atoms with Crippen LogP contribution in [0, 0.1) is 17.7 Å². The fraction of sp³-hybridized carbons (Fsp3) is 0.440. The fourth-order valence-electron chi connectivity index (χ4n) is 4.38. The third-order valence-electron chi connectivity index (χ3n) is 6.51. The van der Waals surface area contributed by atoms with Crippen molar-refractivity contribution in [2.45, 2.75) is 51.7 Å². The predicted octanol–water partition coefficient (Wildman–Crippen LogP) is 5.73. The Morgan fingerprint density at radius 1 is 1.12 bits per heavy atom. The highest BCUT2D eigenvalue weighted by molar-refractivity contribution is 6.31. The van der Waals surface area contributed by atoms with E-state index < -0.39 is 17.8 Å². The molecule has 0 aromatic heterocycles. The molecule has 4 nitrogen and oxygen atoms in total. The van der Waals surface area contributed by atoms with Gasteiger partial charge in [-0.2, -0.15) is 0 Å². The van der Waals surface area contributed by atoms with E-state index in [-0.39, 0.29) is 24.4 Å². The van der Waals surface area contributed by atoms with Crippen LogP contribution in [0.5, 0.6) is 0 Å². The fourth-order valence-corrected chi connectivity index (χ4v) is 4.72. The third-order valence-corrected chi connectivity index (χ3v) is 7.11. The number of carbonyl (C=O) groups excluding carboxylic acids is 2. The zero-order valence-electron chi connectivity index (χ0n) is 18.4. The maximum atomic E-state index is 13.6. The van der Waals surface area contributed by atoms with Crippen molar-refractivity contribution >= 4 is 35.0 Å². The number of benzene rings is 2. The number of alkyl halides is 1. The number of nitrogens with one attached hydrogen (secondary N) is 1. The Hall–Kier alpha value is -2.11. The molecule has 172 valence electrons. The van der Waals surface area contributed by atoms with E-state index in [0.29, 0.717) is 28.0 Å². The van der Waals surface area contributed by atoms with Crippen LogP contribution in [-0.4, -0.2) is 28.6 Å². The van der Waals surface area contributed by atoms with Gasteiger partial charge in [-0.1, -0.05) is 68.6 Å². The van der Waals surface area contributed by atoms with Crippen molar-refractivity contribution in [2.24, 2.45) is 11.8 Å². The van der Waals surface area contributed by atoms with Crippen molar-refractivity contribution in [3.05, 3.63) is 70.5 Å². The number of amides is 2. The molecule has 7 heteroatoms. The van der Waals surface area contributed by atoms with Crippen molar-refractivity contribution in [2.75, 3.05) is 5.88 Å². The molecule has 32 heavy (non-hydrogen) atoms. The monoisotopic (exact) mass is 478 g/mol. The second kappa shape index (κ2) is 11.2. The molecule has 4 atom stereocenters. The van der Waals surface area contributed by atoms with Gasteiger partial charge in [0.15, 0.2) is 0 Å². The first-order chi connectivity index (χ1) is 15.3. The lowest BCUT2D eigenvalue weighted by Crippen LogP contribution is -2.50. The second-order valence-electron chi connectivity index (χ2n) is 8.58. The van der Waals surface area contributed by atoms with Gasteiger partial charge in [-0.25, -0.2) is 4.39 Å². The average molecular weight is 479 g/mol. The van der Waals surface area contributed by atoms with Gasteiger partial charge < -0.3 is 10.2 Å². The lowest BCUT2D eigenvalue weighted by molar-refractivity contribution is -0.140. The molecule has 1 saturated carbocycles. The minimum atomic E-state index is -0.956. The summed E-state index contributed by atoms with van der Waals surface area (Å²) < 4.78 is 13.6. The molecule has 0 aliphatic heterocycles. The highest BCUT2D eigenvalue weighted by atomic mass is 35.5. The van der Waals surface area contributed by atoms with Crippen molar-refractivity contribution in [1.29, 1.82) is 0 Å². The van der Waals surface area contributed by atoms with Crippen LogP contribution < -0.4 is 5.32 Å². The van der Waals surface area contributed by atoms with Gasteiger partial charge in [0, 0.05) is 17.6 Å². The Bertz CT molecular complexity index is 938. The van der Waals surface area contributed by atoms with Gasteiger partial charge in [0.2, 0.25) is 11.8 Å². The minimum Gasteiger partial charge on any atom is -0.351 e. The minimum absolute atomic E-state index is 0.0162. The van der Waals surface area contributed by atoms with Gasteiger partial charge in [-0.15, -0.1) is 11.6 Å². The van der Waals surface area contributed by atoms with Crippen LogP contribution >= 0.6 is 23.2 Å². The smallest absolute Gasteiger partial charge is 0.247 e. The molecule has 4 unspecified atom stereocenters. The molecule has 0 bridgehead atoms. The quantitative estimate of drug-likeness (QED) is 0.516. The van der Waals surface area contributed by atoms with Crippen LogP contribution in [0.1, 0.15) is 50.3 Å². The topological polar surface area (TPSA) is 49.4 Å². The van der Waals surface area contributed by atoms with Gasteiger partial charge in [-0.3, -0.25) is 9.59 Å². The highest BCUT2D eigenvalue weighted by Crippen LogP contribution is 2.31. The summed E-state index contributed by atoms with van der Waals surface area (Å²) in [4.78, 5) is 28.0. The first-order valence-corrected chi connectivity index (χ1v) is 11.9. The summed E-state index contributed by atoms with van der Waals surface area (Å²) in [6, 6.07) is 11.9. The van der Waals surface area contributed by atoms with Gasteiger partial charge in [0.05, 0.1) is 0 Å². The normalized spacial score (nSPS) is 21.6. The zero-order chi connectivity index (χ0) is 23.3. The van der Waals surface area contributed by atoms with Gasteiger partial charge in [-0.05, 0) is 47.6 Å². The molecule has 2 aromatic rings. The van der Waals surface area contributed by atoms with Crippen LogP contribution in [0.15, 0.2) is 48.5 Å². The first kappa shape index (κ1) is 24.5. The van der Waals surface area contributed by atoms with Gasteiger partial charge >= 0.3 is 0 Å². The number of carbonyl (C=O) groups is 2. The molecular formula is C25H29Cl2FN2O2. The summed E-state index contributed by atoms with van der Waals surface area (Å²) in [6.07, 6.45) is 3.07. The van der Waals surface area contributed by atoms with Crippen molar-refractivity contribution in [3.8, 4) is 0 Å². The maximum Gasteiger partial charge on any atom is 0.247 e. The summed E-state index contributed by atoms with van der Waals surface area (Å²) in [5, 5.41) is 3.66. The van der Waals surface area contributed by atoms with Crippen LogP contribution in [0.3, 0.4) is 0 Å². The SMILES string of the molecule is CC1CCCC(NC(=O)C(c2ccc(F)cc2)N(Cc2ccccc2Cl)C(=O)CCl)C1C. The van der Waals surface area contributed by atoms with Crippen LogP contribution in [-0.2, 0) is 16.1 Å². The number of halogens is 3. The largest absolute Gasteiger partial charge is 0.351 e. The summed E-state index contributed by atoms with van der Waals surface area (Å²) >= 11 is 12.3. The first-order valence-electron chi connectivity index (χ1n) is 11.0. The van der Waals surface area contributed by atoms with E-state index >= 15 is 0 Å². The molecule has 0 spiro atoms. The standard InChI is InChI=1S/C25H29Cl2FN2O2/c1-16-6-5-9-22(17(16)2)29-25(32)24(18-10-12-20(28)13-11-18)30(23(31)14-26)15-19-7-3-4-8-21(19)27/h3-4,7-8,10-13,16-17,22,24H,5-6,9,14-15H2,1-2H3,(H,29,32). The van der Waals surface area contributed by atoms with E-state index in [1.807, 2.05) is 6.07 Å². The summed E-state index contributed by atoms with van der Waals surface area (Å²) in [5.74, 6) is -0.575. The van der Waals surface area contributed by atoms with Gasteiger partial charge in [0.1, 0.15) is 17.7 Å². The van der Waals surface area contributed by atoms with E-state index in [0.717, 1.165) is 19.3 Å². The zero-order valence-corrected chi connectivity index (χ0v) is 19.9. The molecule has 2 aromatic carbocycles. The Morgan fingerprint density at radius 2 is 1.81 bits per heavy atom. The Kier molecular flexibility index (Phi) is 8.55. The Balaban J connectivity index is 1.97. The predicted molar refractivity (Wildman–Crippen MR) is 126 cm³/mol. The van der Waals surface area contributed by atoms with Crippen molar-refractivity contribution < 1.29 is 14.0 Å². The third kappa shape index (κ3) is 5.81.